The molecule has 4 rings (SSSR count). The molecule has 6 heteroatoms. The van der Waals surface area contributed by atoms with E-state index in [1.807, 2.05) is 24.0 Å². The van der Waals surface area contributed by atoms with Crippen LogP contribution in [0, 0.1) is 0 Å². The lowest BCUT2D eigenvalue weighted by molar-refractivity contribution is -0.134. The van der Waals surface area contributed by atoms with Gasteiger partial charge in [0.05, 0.1) is 6.04 Å². The van der Waals surface area contributed by atoms with Crippen LogP contribution in [0.4, 0.5) is 0 Å². The summed E-state index contributed by atoms with van der Waals surface area (Å²) in [5.74, 6) is -0.113. The number of nitrogens with zero attached hydrogens (tertiary/aromatic N) is 2. The van der Waals surface area contributed by atoms with Gasteiger partial charge < -0.3 is 9.80 Å². The SMILES string of the molecule is CCCN(CC(=O)N1CCc2sccc2C1c1ccc(C(C)(C)C)cc1)C(=O)c1ccc(Br)cc1. The predicted molar refractivity (Wildman–Crippen MR) is 147 cm³/mol. The van der Waals surface area contributed by atoms with Crippen molar-refractivity contribution < 1.29 is 9.59 Å². The molecule has 2 amide bonds. The second-order valence-electron chi connectivity index (χ2n) is 10.1. The third kappa shape index (κ3) is 5.70. The fourth-order valence-corrected chi connectivity index (χ4v) is 5.83. The Labute approximate surface area is 221 Å². The number of benzene rings is 2. The summed E-state index contributed by atoms with van der Waals surface area (Å²) in [7, 11) is 0. The number of hydrogen-bond donors (Lipinski definition) is 0. The molecule has 0 aliphatic carbocycles. The summed E-state index contributed by atoms with van der Waals surface area (Å²) >= 11 is 5.19. The van der Waals surface area contributed by atoms with E-state index in [0.717, 1.165) is 22.9 Å². The first-order valence-corrected chi connectivity index (χ1v) is 13.9. The van der Waals surface area contributed by atoms with E-state index in [0.29, 0.717) is 18.7 Å². The number of rotatable bonds is 6. The lowest BCUT2D eigenvalue weighted by atomic mass is 9.85. The van der Waals surface area contributed by atoms with Gasteiger partial charge in [0.25, 0.3) is 5.91 Å². The molecule has 4 nitrogen and oxygen atoms in total. The minimum Gasteiger partial charge on any atom is -0.330 e. The molecule has 0 saturated carbocycles. The van der Waals surface area contributed by atoms with Crippen LogP contribution in [0.5, 0.6) is 0 Å². The summed E-state index contributed by atoms with van der Waals surface area (Å²) in [5, 5.41) is 2.12. The monoisotopic (exact) mass is 552 g/mol. The molecule has 1 aromatic heterocycles. The molecular formula is C29H33BrN2O2S. The first-order valence-electron chi connectivity index (χ1n) is 12.2. The van der Waals surface area contributed by atoms with Crippen LogP contribution in [0.1, 0.15) is 72.1 Å². The number of carbonyl (C=O) groups is 2. The van der Waals surface area contributed by atoms with E-state index in [2.05, 4.69) is 72.4 Å². The summed E-state index contributed by atoms with van der Waals surface area (Å²) in [6.45, 7) is 9.94. The molecule has 0 spiro atoms. The van der Waals surface area contributed by atoms with Crippen LogP contribution < -0.4 is 0 Å². The average Bonchev–Trinajstić information content (AvgIpc) is 3.31. The molecule has 0 fully saturated rings. The predicted octanol–water partition coefficient (Wildman–Crippen LogP) is 6.83. The van der Waals surface area contributed by atoms with Gasteiger partial charge in [0, 0.05) is 28.0 Å². The smallest absolute Gasteiger partial charge is 0.254 e. The van der Waals surface area contributed by atoms with Crippen molar-refractivity contribution in [1.29, 1.82) is 0 Å². The van der Waals surface area contributed by atoms with Gasteiger partial charge in [-0.25, -0.2) is 0 Å². The Morgan fingerprint density at radius 3 is 2.37 bits per heavy atom. The van der Waals surface area contributed by atoms with Crippen molar-refractivity contribution in [3.05, 3.63) is 91.6 Å². The molecule has 2 heterocycles. The minimum absolute atomic E-state index is 0.00865. The molecule has 184 valence electrons. The highest BCUT2D eigenvalue weighted by molar-refractivity contribution is 9.10. The number of thiophene rings is 1. The van der Waals surface area contributed by atoms with Crippen molar-refractivity contribution in [2.24, 2.45) is 0 Å². The molecule has 2 aromatic carbocycles. The van der Waals surface area contributed by atoms with Crippen LogP contribution in [-0.4, -0.2) is 41.2 Å². The molecule has 1 atom stereocenters. The van der Waals surface area contributed by atoms with Crippen LogP contribution in [-0.2, 0) is 16.6 Å². The molecule has 0 N–H and O–H groups in total. The molecule has 0 radical (unpaired) electrons. The van der Waals surface area contributed by atoms with Gasteiger partial charge in [0.2, 0.25) is 5.91 Å². The Morgan fingerprint density at radius 1 is 1.06 bits per heavy atom. The van der Waals surface area contributed by atoms with Gasteiger partial charge in [-0.15, -0.1) is 11.3 Å². The van der Waals surface area contributed by atoms with Gasteiger partial charge in [-0.3, -0.25) is 9.59 Å². The first-order chi connectivity index (χ1) is 16.7. The second-order valence-corrected chi connectivity index (χ2v) is 12.1. The summed E-state index contributed by atoms with van der Waals surface area (Å²) in [4.78, 5) is 32.0. The maximum absolute atomic E-state index is 13.7. The summed E-state index contributed by atoms with van der Waals surface area (Å²) < 4.78 is 0.923. The number of halogens is 1. The van der Waals surface area contributed by atoms with E-state index in [9.17, 15) is 9.59 Å². The Kier molecular flexibility index (Phi) is 7.82. The Hall–Kier alpha value is -2.44. The highest BCUT2D eigenvalue weighted by atomic mass is 79.9. The fraction of sp³-hybridized carbons (Fsp3) is 0.379. The van der Waals surface area contributed by atoms with Crippen molar-refractivity contribution in [3.63, 3.8) is 0 Å². The average molecular weight is 554 g/mol. The molecule has 1 aliphatic rings. The van der Waals surface area contributed by atoms with Gasteiger partial charge in [0.15, 0.2) is 0 Å². The van der Waals surface area contributed by atoms with E-state index < -0.39 is 0 Å². The van der Waals surface area contributed by atoms with E-state index in [4.69, 9.17) is 0 Å². The Morgan fingerprint density at radius 2 is 1.74 bits per heavy atom. The zero-order valence-electron chi connectivity index (χ0n) is 20.9. The summed E-state index contributed by atoms with van der Waals surface area (Å²) in [5.41, 5.74) is 4.27. The topological polar surface area (TPSA) is 40.6 Å². The number of hydrogen-bond acceptors (Lipinski definition) is 3. The molecule has 1 aliphatic heterocycles. The number of amides is 2. The standard InChI is InChI=1S/C29H33BrN2O2S/c1-5-16-31(28(34)21-8-12-23(30)13-9-21)19-26(33)32-17-14-25-24(15-18-35-25)27(32)20-6-10-22(11-7-20)29(2,3)4/h6-13,15,18,27H,5,14,16-17,19H2,1-4H3. The zero-order chi connectivity index (χ0) is 25.2. The van der Waals surface area contributed by atoms with Crippen molar-refractivity contribution in [1.82, 2.24) is 9.80 Å². The second kappa shape index (κ2) is 10.7. The number of carbonyl (C=O) groups excluding carboxylic acids is 2. The van der Waals surface area contributed by atoms with Gasteiger partial charge in [-0.2, -0.15) is 0 Å². The van der Waals surface area contributed by atoms with E-state index in [1.54, 1.807) is 28.4 Å². The lowest BCUT2D eigenvalue weighted by Gasteiger charge is -2.38. The third-order valence-electron chi connectivity index (χ3n) is 6.58. The van der Waals surface area contributed by atoms with E-state index >= 15 is 0 Å². The largest absolute Gasteiger partial charge is 0.330 e. The maximum atomic E-state index is 13.7. The van der Waals surface area contributed by atoms with E-state index in [1.165, 1.54) is 16.0 Å². The Bertz CT molecular complexity index is 1180. The molecule has 0 bridgehead atoms. The van der Waals surface area contributed by atoms with Crippen LogP contribution in [0.3, 0.4) is 0 Å². The van der Waals surface area contributed by atoms with Crippen molar-refractivity contribution >= 4 is 39.1 Å². The summed E-state index contributed by atoms with van der Waals surface area (Å²) in [6, 6.07) is 18.0. The molecule has 0 saturated heterocycles. The molecule has 1 unspecified atom stereocenters. The van der Waals surface area contributed by atoms with Crippen molar-refractivity contribution in [2.75, 3.05) is 19.6 Å². The van der Waals surface area contributed by atoms with Gasteiger partial charge >= 0.3 is 0 Å². The van der Waals surface area contributed by atoms with Gasteiger partial charge in [-0.1, -0.05) is 67.9 Å². The van der Waals surface area contributed by atoms with Crippen molar-refractivity contribution in [3.8, 4) is 0 Å². The van der Waals surface area contributed by atoms with Crippen LogP contribution in [0.2, 0.25) is 0 Å². The summed E-state index contributed by atoms with van der Waals surface area (Å²) in [6.07, 6.45) is 1.64. The number of fused-ring (bicyclic) bond motifs is 1. The molecule has 3 aromatic rings. The molecular weight excluding hydrogens is 520 g/mol. The van der Waals surface area contributed by atoms with Crippen LogP contribution in [0.15, 0.2) is 64.5 Å². The fourth-order valence-electron chi connectivity index (χ4n) is 4.66. The van der Waals surface area contributed by atoms with Gasteiger partial charge in [0.1, 0.15) is 6.54 Å². The minimum atomic E-state index is -0.127. The normalized spacial score (nSPS) is 15.6. The van der Waals surface area contributed by atoms with Crippen LogP contribution in [0.25, 0.3) is 0 Å². The molecule has 35 heavy (non-hydrogen) atoms. The zero-order valence-corrected chi connectivity index (χ0v) is 23.3. The quantitative estimate of drug-likeness (QED) is 0.336. The van der Waals surface area contributed by atoms with E-state index in [-0.39, 0.29) is 29.8 Å². The highest BCUT2D eigenvalue weighted by Gasteiger charge is 2.34. The highest BCUT2D eigenvalue weighted by Crippen LogP contribution is 2.38. The third-order valence-corrected chi connectivity index (χ3v) is 8.10. The Balaban J connectivity index is 1.61. The van der Waals surface area contributed by atoms with Crippen molar-refractivity contribution in [2.45, 2.75) is 52.0 Å². The lowest BCUT2D eigenvalue weighted by Crippen LogP contribution is -2.47. The maximum Gasteiger partial charge on any atom is 0.254 e. The first kappa shape index (κ1) is 25.6. The van der Waals surface area contributed by atoms with Crippen LogP contribution >= 0.6 is 27.3 Å². The van der Waals surface area contributed by atoms with Gasteiger partial charge in [-0.05, 0) is 70.7 Å².